The van der Waals surface area contributed by atoms with Crippen molar-refractivity contribution in [3.05, 3.63) is 72.3 Å². The van der Waals surface area contributed by atoms with Gasteiger partial charge in [-0.1, -0.05) is 48.5 Å². The molecule has 0 aliphatic rings. The topological polar surface area (TPSA) is 71.5 Å². The van der Waals surface area contributed by atoms with Gasteiger partial charge in [0.15, 0.2) is 5.78 Å². The van der Waals surface area contributed by atoms with Gasteiger partial charge in [0.25, 0.3) is 10.0 Å². The molecule has 0 amide bonds. The lowest BCUT2D eigenvalue weighted by molar-refractivity contribution is -0.116. The van der Waals surface area contributed by atoms with Gasteiger partial charge in [-0.15, -0.1) is 0 Å². The molecule has 0 fully saturated rings. The van der Waals surface area contributed by atoms with Crippen molar-refractivity contribution in [2.75, 3.05) is 11.4 Å². The molecule has 6 heteroatoms. The van der Waals surface area contributed by atoms with Gasteiger partial charge in [0, 0.05) is 30.8 Å². The van der Waals surface area contributed by atoms with Crippen LogP contribution in [0.1, 0.15) is 30.1 Å². The van der Waals surface area contributed by atoms with Crippen molar-refractivity contribution in [3.63, 3.8) is 0 Å². The smallest absolute Gasteiger partial charge is 0.264 e. The summed E-state index contributed by atoms with van der Waals surface area (Å²) in [5.41, 5.74) is 0.778. The van der Waals surface area contributed by atoms with E-state index < -0.39 is 10.0 Å². The summed E-state index contributed by atoms with van der Waals surface area (Å²) in [6, 6.07) is 18.9. The highest BCUT2D eigenvalue weighted by molar-refractivity contribution is 7.93. The third-order valence-corrected chi connectivity index (χ3v) is 6.47. The number of carbonyl (C=O) groups is 2. The van der Waals surface area contributed by atoms with Crippen LogP contribution in [0, 0.1) is 0 Å². The normalized spacial score (nSPS) is 11.4. The van der Waals surface area contributed by atoms with Crippen LogP contribution >= 0.6 is 0 Å². The zero-order valence-corrected chi connectivity index (χ0v) is 16.6. The van der Waals surface area contributed by atoms with Gasteiger partial charge in [-0.25, -0.2) is 8.42 Å². The Kier molecular flexibility index (Phi) is 5.61. The fourth-order valence-corrected chi connectivity index (χ4v) is 4.42. The summed E-state index contributed by atoms with van der Waals surface area (Å²) < 4.78 is 27.7. The van der Waals surface area contributed by atoms with Gasteiger partial charge in [-0.05, 0) is 30.5 Å². The number of ketones is 2. The maximum absolute atomic E-state index is 13.2. The van der Waals surface area contributed by atoms with Gasteiger partial charge in [0.1, 0.15) is 5.78 Å². The highest BCUT2D eigenvalue weighted by atomic mass is 32.2. The minimum atomic E-state index is -3.82. The molecular formula is C22H21NO4S. The second-order valence-electron chi connectivity index (χ2n) is 6.63. The quantitative estimate of drug-likeness (QED) is 0.562. The number of fused-ring (bicyclic) bond motifs is 1. The van der Waals surface area contributed by atoms with E-state index in [2.05, 4.69) is 0 Å². The number of hydrogen-bond acceptors (Lipinski definition) is 4. The number of rotatable bonds is 7. The van der Waals surface area contributed by atoms with Gasteiger partial charge < -0.3 is 4.79 Å². The molecule has 0 unspecified atom stereocenters. The molecule has 3 aromatic rings. The maximum atomic E-state index is 13.2. The van der Waals surface area contributed by atoms with Crippen LogP contribution in [0.25, 0.3) is 10.8 Å². The molecule has 0 atom stereocenters. The Hall–Kier alpha value is -2.99. The van der Waals surface area contributed by atoms with Crippen LogP contribution in [0.5, 0.6) is 0 Å². The lowest BCUT2D eigenvalue weighted by Gasteiger charge is -2.21. The van der Waals surface area contributed by atoms with Crippen molar-refractivity contribution in [3.8, 4) is 0 Å². The molecule has 0 N–H and O–H groups in total. The molecule has 0 spiro atoms. The second kappa shape index (κ2) is 7.94. The molecule has 0 radical (unpaired) electrons. The summed E-state index contributed by atoms with van der Waals surface area (Å²) in [5, 5.41) is 1.48. The molecule has 0 saturated heterocycles. The van der Waals surface area contributed by atoms with Crippen molar-refractivity contribution >= 4 is 38.0 Å². The summed E-state index contributed by atoms with van der Waals surface area (Å²) in [4.78, 5) is 23.6. The fraction of sp³-hybridized carbons (Fsp3) is 0.182. The van der Waals surface area contributed by atoms with E-state index >= 15 is 0 Å². The van der Waals surface area contributed by atoms with Crippen molar-refractivity contribution in [2.45, 2.75) is 24.7 Å². The van der Waals surface area contributed by atoms with E-state index in [0.717, 1.165) is 5.39 Å². The van der Waals surface area contributed by atoms with E-state index in [-0.39, 0.29) is 29.3 Å². The van der Waals surface area contributed by atoms with Crippen LogP contribution in [-0.2, 0) is 14.8 Å². The zero-order valence-electron chi connectivity index (χ0n) is 15.8. The number of carbonyl (C=O) groups excluding carboxylic acids is 2. The highest BCUT2D eigenvalue weighted by Crippen LogP contribution is 2.28. The van der Waals surface area contributed by atoms with Crippen LogP contribution in [0.15, 0.2) is 71.6 Å². The molecular weight excluding hydrogens is 374 g/mol. The third kappa shape index (κ3) is 3.97. The van der Waals surface area contributed by atoms with E-state index in [1.165, 1.54) is 18.3 Å². The first kappa shape index (κ1) is 19.8. The molecule has 0 aliphatic carbocycles. The van der Waals surface area contributed by atoms with Gasteiger partial charge in [-0.2, -0.15) is 0 Å². The number of sulfonamides is 1. The molecule has 3 aromatic carbocycles. The number of nitrogens with zero attached hydrogens (tertiary/aromatic N) is 1. The number of hydrogen-bond donors (Lipinski definition) is 0. The summed E-state index contributed by atoms with van der Waals surface area (Å²) in [7, 11) is -2.35. The second-order valence-corrected chi connectivity index (χ2v) is 8.56. The lowest BCUT2D eigenvalue weighted by Crippen LogP contribution is -2.27. The molecule has 0 bridgehead atoms. The van der Waals surface area contributed by atoms with Gasteiger partial charge in [0.2, 0.25) is 0 Å². The maximum Gasteiger partial charge on any atom is 0.264 e. The summed E-state index contributed by atoms with van der Waals surface area (Å²) >= 11 is 0. The Morgan fingerprint density at radius 3 is 2.32 bits per heavy atom. The van der Waals surface area contributed by atoms with Crippen LogP contribution in [0.4, 0.5) is 5.69 Å². The Balaban J connectivity index is 1.97. The molecule has 28 heavy (non-hydrogen) atoms. The fourth-order valence-electron chi connectivity index (χ4n) is 3.02. The van der Waals surface area contributed by atoms with Crippen molar-refractivity contribution in [1.82, 2.24) is 0 Å². The minimum Gasteiger partial charge on any atom is -0.300 e. The monoisotopic (exact) mass is 395 g/mol. The Bertz CT molecular complexity index is 1150. The first-order valence-corrected chi connectivity index (χ1v) is 10.3. The first-order valence-electron chi connectivity index (χ1n) is 8.90. The molecule has 144 valence electrons. The van der Waals surface area contributed by atoms with E-state index in [0.29, 0.717) is 16.6 Å². The lowest BCUT2D eigenvalue weighted by atomic mass is 10.0. The van der Waals surface area contributed by atoms with E-state index in [1.54, 1.807) is 48.5 Å². The van der Waals surface area contributed by atoms with E-state index in [9.17, 15) is 18.0 Å². The molecule has 0 heterocycles. The summed E-state index contributed by atoms with van der Waals surface area (Å²) in [6.45, 7) is 1.44. The Morgan fingerprint density at radius 2 is 1.57 bits per heavy atom. The largest absolute Gasteiger partial charge is 0.300 e. The standard InChI is InChI=1S/C22H21NO4S/c1-16(24)13-14-21(25)18-9-5-10-19(15-18)23(2)28(26,27)22-12-6-8-17-7-3-4-11-20(17)22/h3-12,15H,13-14H2,1-2H3. The predicted molar refractivity (Wildman–Crippen MR) is 110 cm³/mol. The zero-order chi connectivity index (χ0) is 20.3. The highest BCUT2D eigenvalue weighted by Gasteiger charge is 2.24. The van der Waals surface area contributed by atoms with Crippen LogP contribution < -0.4 is 4.31 Å². The third-order valence-electron chi connectivity index (χ3n) is 4.62. The molecule has 5 nitrogen and oxygen atoms in total. The minimum absolute atomic E-state index is 0.0554. The Morgan fingerprint density at radius 1 is 0.893 bits per heavy atom. The van der Waals surface area contributed by atoms with Crippen LogP contribution in [0.3, 0.4) is 0 Å². The average molecular weight is 395 g/mol. The summed E-state index contributed by atoms with van der Waals surface area (Å²) in [6.07, 6.45) is 0.284. The average Bonchev–Trinajstić information content (AvgIpc) is 2.71. The SMILES string of the molecule is CC(=O)CCC(=O)c1cccc(N(C)S(=O)(=O)c2cccc3ccccc23)c1. The number of benzene rings is 3. The molecule has 0 aliphatic heterocycles. The molecule has 0 saturated carbocycles. The Labute approximate surface area is 164 Å². The number of anilines is 1. The number of Topliss-reactive ketones (excluding diaryl/α,β-unsaturated/α-hetero) is 2. The molecule has 0 aromatic heterocycles. The van der Waals surface area contributed by atoms with Crippen molar-refractivity contribution in [1.29, 1.82) is 0 Å². The van der Waals surface area contributed by atoms with Gasteiger partial charge in [0.05, 0.1) is 10.6 Å². The van der Waals surface area contributed by atoms with Crippen LogP contribution in [-0.4, -0.2) is 27.0 Å². The predicted octanol–water partition coefficient (Wildman–Crippen LogP) is 4.22. The van der Waals surface area contributed by atoms with E-state index in [4.69, 9.17) is 0 Å². The van der Waals surface area contributed by atoms with Crippen LogP contribution in [0.2, 0.25) is 0 Å². The first-order chi connectivity index (χ1) is 13.3. The summed E-state index contributed by atoms with van der Waals surface area (Å²) in [5.74, 6) is -0.242. The van der Waals surface area contributed by atoms with Gasteiger partial charge >= 0.3 is 0 Å². The van der Waals surface area contributed by atoms with Crippen molar-refractivity contribution in [2.24, 2.45) is 0 Å². The van der Waals surface area contributed by atoms with Crippen molar-refractivity contribution < 1.29 is 18.0 Å². The molecule has 3 rings (SSSR count). The van der Waals surface area contributed by atoms with Gasteiger partial charge in [-0.3, -0.25) is 9.10 Å². The van der Waals surface area contributed by atoms with E-state index in [1.807, 2.05) is 18.2 Å².